The minimum Gasteiger partial charge on any atom is -0.478 e. The van der Waals surface area contributed by atoms with Crippen molar-refractivity contribution in [2.24, 2.45) is 5.73 Å². The molecule has 38 heavy (non-hydrogen) atoms. The molecule has 0 radical (unpaired) electrons. The van der Waals surface area contributed by atoms with E-state index < -0.39 is 17.9 Å². The molecule has 0 unspecified atom stereocenters. The Bertz CT molecular complexity index is 951. The molecule has 0 saturated heterocycles. The molecule has 3 heterocycles. The van der Waals surface area contributed by atoms with Crippen LogP contribution < -0.4 is 11.1 Å². The van der Waals surface area contributed by atoms with E-state index in [0.29, 0.717) is 17.7 Å². The molecular formula is C28H42N2O6S2. The first-order valence-corrected chi connectivity index (χ1v) is 15.4. The molecule has 0 saturated carbocycles. The van der Waals surface area contributed by atoms with E-state index in [1.54, 1.807) is 16.1 Å². The molecule has 0 spiro atoms. The highest BCUT2D eigenvalue weighted by Gasteiger charge is 2.29. The number of amides is 1. The average molecular weight is 567 g/mol. The van der Waals surface area contributed by atoms with E-state index in [2.05, 4.69) is 23.9 Å². The van der Waals surface area contributed by atoms with Crippen molar-refractivity contribution in [1.29, 1.82) is 0 Å². The van der Waals surface area contributed by atoms with Crippen molar-refractivity contribution in [3.8, 4) is 0 Å². The molecule has 0 aromatic carbocycles. The number of esters is 2. The van der Waals surface area contributed by atoms with E-state index in [9.17, 15) is 19.2 Å². The lowest BCUT2D eigenvalue weighted by molar-refractivity contribution is 0.0442. The highest BCUT2D eigenvalue weighted by atomic mass is 32.1. The fourth-order valence-corrected chi connectivity index (χ4v) is 5.16. The van der Waals surface area contributed by atoms with Gasteiger partial charge in [-0.25, -0.2) is 14.4 Å². The number of aromatic carboxylic acids is 1. The number of carbonyl (C=O) groups excluding carboxylic acids is 3. The van der Waals surface area contributed by atoms with Gasteiger partial charge in [-0.2, -0.15) is 22.7 Å². The maximum absolute atomic E-state index is 11.8. The SMILES string of the molecule is CCCCCCCCN.CCCCCCCCNC(=O)c1cscc1C(=O)O.O=C1OC(=O)c2cscc21. The number of thiophene rings is 2. The van der Waals surface area contributed by atoms with Crippen LogP contribution in [0.5, 0.6) is 0 Å². The molecule has 0 bridgehead atoms. The largest absolute Gasteiger partial charge is 0.478 e. The van der Waals surface area contributed by atoms with Crippen LogP contribution in [0.3, 0.4) is 0 Å². The van der Waals surface area contributed by atoms with Gasteiger partial charge in [-0.1, -0.05) is 78.1 Å². The number of nitrogens with one attached hydrogen (secondary N) is 1. The third-order valence-corrected chi connectivity index (χ3v) is 7.28. The third-order valence-electron chi connectivity index (χ3n) is 5.80. The van der Waals surface area contributed by atoms with E-state index in [-0.39, 0.29) is 17.0 Å². The second-order valence-electron chi connectivity index (χ2n) is 8.96. The molecule has 10 heteroatoms. The van der Waals surface area contributed by atoms with E-state index >= 15 is 0 Å². The number of hydrogen-bond donors (Lipinski definition) is 3. The Labute approximate surface area is 234 Å². The zero-order chi connectivity index (χ0) is 28.2. The first-order chi connectivity index (χ1) is 18.4. The Morgan fingerprint density at radius 1 is 0.763 bits per heavy atom. The van der Waals surface area contributed by atoms with E-state index in [1.807, 2.05) is 0 Å². The first-order valence-electron chi connectivity index (χ1n) is 13.5. The highest BCUT2D eigenvalue weighted by Crippen LogP contribution is 2.23. The molecule has 2 aromatic rings. The predicted octanol–water partition coefficient (Wildman–Crippen LogP) is 6.90. The number of unbranched alkanes of at least 4 members (excludes halogenated alkanes) is 10. The van der Waals surface area contributed by atoms with Gasteiger partial charge in [-0.05, 0) is 19.4 Å². The van der Waals surface area contributed by atoms with Gasteiger partial charge in [0.15, 0.2) is 0 Å². The minimum absolute atomic E-state index is 0.0884. The Morgan fingerprint density at radius 2 is 1.24 bits per heavy atom. The molecule has 0 fully saturated rings. The van der Waals surface area contributed by atoms with Gasteiger partial charge in [0.2, 0.25) is 0 Å². The van der Waals surface area contributed by atoms with Crippen molar-refractivity contribution >= 4 is 46.5 Å². The van der Waals surface area contributed by atoms with Crippen molar-refractivity contribution in [3.63, 3.8) is 0 Å². The maximum atomic E-state index is 11.8. The molecule has 0 aliphatic carbocycles. The monoisotopic (exact) mass is 566 g/mol. The second-order valence-corrected chi connectivity index (χ2v) is 10.4. The van der Waals surface area contributed by atoms with Crippen molar-refractivity contribution in [1.82, 2.24) is 5.32 Å². The lowest BCUT2D eigenvalue weighted by Gasteiger charge is -2.05. The van der Waals surface area contributed by atoms with Crippen LogP contribution in [0.15, 0.2) is 21.5 Å². The molecular weight excluding hydrogens is 524 g/mol. The third kappa shape index (κ3) is 12.8. The van der Waals surface area contributed by atoms with Crippen LogP contribution >= 0.6 is 22.7 Å². The Kier molecular flexibility index (Phi) is 18.0. The second kappa shape index (κ2) is 20.4. The maximum Gasteiger partial charge on any atom is 0.347 e. The fourth-order valence-electron chi connectivity index (χ4n) is 3.57. The quantitative estimate of drug-likeness (QED) is 0.121. The van der Waals surface area contributed by atoms with Gasteiger partial charge in [0.25, 0.3) is 5.91 Å². The Morgan fingerprint density at radius 3 is 1.76 bits per heavy atom. The van der Waals surface area contributed by atoms with E-state index in [1.165, 1.54) is 92.3 Å². The normalized spacial score (nSPS) is 11.6. The summed E-state index contributed by atoms with van der Waals surface area (Å²) in [4.78, 5) is 44.1. The topological polar surface area (TPSA) is 136 Å². The van der Waals surface area contributed by atoms with Crippen molar-refractivity contribution in [2.45, 2.75) is 90.9 Å². The number of nitrogens with two attached hydrogens (primary N) is 1. The summed E-state index contributed by atoms with van der Waals surface area (Å²) in [6.45, 7) is 5.90. The molecule has 2 aromatic heterocycles. The summed E-state index contributed by atoms with van der Waals surface area (Å²) in [6.07, 6.45) is 15.0. The molecule has 1 aliphatic heterocycles. The number of fused-ring (bicyclic) bond motifs is 1. The summed E-state index contributed by atoms with van der Waals surface area (Å²) in [5, 5.41) is 18.0. The number of carboxylic acids is 1. The number of hydrogen-bond acceptors (Lipinski definition) is 8. The molecule has 4 N–H and O–H groups in total. The fraction of sp³-hybridized carbons (Fsp3) is 0.571. The minimum atomic E-state index is -1.05. The van der Waals surface area contributed by atoms with Crippen molar-refractivity contribution in [3.05, 3.63) is 43.8 Å². The van der Waals surface area contributed by atoms with Crippen LogP contribution in [-0.2, 0) is 4.74 Å². The number of rotatable bonds is 15. The lowest BCUT2D eigenvalue weighted by Crippen LogP contribution is -2.25. The van der Waals surface area contributed by atoms with Crippen LogP contribution in [0.2, 0.25) is 0 Å². The van der Waals surface area contributed by atoms with E-state index in [4.69, 9.17) is 10.8 Å². The number of carboxylic acid groups (broad SMARTS) is 1. The number of ether oxygens (including phenoxy) is 1. The first kappa shape index (κ1) is 33.5. The van der Waals surface area contributed by atoms with Gasteiger partial charge >= 0.3 is 17.9 Å². The van der Waals surface area contributed by atoms with Gasteiger partial charge in [0.1, 0.15) is 0 Å². The summed E-state index contributed by atoms with van der Waals surface area (Å²) in [5.41, 5.74) is 6.50. The summed E-state index contributed by atoms with van der Waals surface area (Å²) in [5.74, 6) is -2.39. The zero-order valence-electron chi connectivity index (χ0n) is 22.6. The van der Waals surface area contributed by atoms with Crippen LogP contribution in [0.1, 0.15) is 132 Å². The van der Waals surface area contributed by atoms with Gasteiger partial charge in [-0.15, -0.1) is 0 Å². The van der Waals surface area contributed by atoms with Gasteiger partial charge in [0.05, 0.1) is 22.3 Å². The predicted molar refractivity (Wildman–Crippen MR) is 153 cm³/mol. The molecule has 0 atom stereocenters. The molecule has 3 rings (SSSR count). The Balaban J connectivity index is 0.000000317. The molecule has 212 valence electrons. The molecule has 1 aliphatic rings. The van der Waals surface area contributed by atoms with Crippen molar-refractivity contribution < 1.29 is 29.0 Å². The average Bonchev–Trinajstić information content (AvgIpc) is 3.64. The Hall–Kier alpha value is -2.56. The zero-order valence-corrected chi connectivity index (χ0v) is 24.2. The van der Waals surface area contributed by atoms with Crippen LogP contribution in [0.4, 0.5) is 0 Å². The van der Waals surface area contributed by atoms with Gasteiger partial charge in [0, 0.05) is 28.1 Å². The van der Waals surface area contributed by atoms with Crippen molar-refractivity contribution in [2.75, 3.05) is 13.1 Å². The number of cyclic esters (lactones) is 2. The standard InChI is InChI=1S/C14H21NO3S.C8H19N.C6H2O3S/c1-2-3-4-5-6-7-8-15-13(16)11-9-19-10-12(11)14(17)18;1-2-3-4-5-6-7-8-9;7-5-3-1-10-2-4(3)6(8)9-5/h9-10H,2-8H2,1H3,(H,15,16)(H,17,18);2-9H2,1H3;1-2H. The summed E-state index contributed by atoms with van der Waals surface area (Å²) < 4.78 is 4.30. The number of carbonyl (C=O) groups is 4. The van der Waals surface area contributed by atoms with E-state index in [0.717, 1.165) is 19.4 Å². The van der Waals surface area contributed by atoms with Crippen LogP contribution in [0.25, 0.3) is 0 Å². The summed E-state index contributed by atoms with van der Waals surface area (Å²) in [6, 6.07) is 0. The molecule has 1 amide bonds. The summed E-state index contributed by atoms with van der Waals surface area (Å²) >= 11 is 2.56. The molecule has 8 nitrogen and oxygen atoms in total. The lowest BCUT2D eigenvalue weighted by atomic mass is 10.1. The smallest absolute Gasteiger partial charge is 0.347 e. The van der Waals surface area contributed by atoms with Gasteiger partial charge in [-0.3, -0.25) is 4.79 Å². The van der Waals surface area contributed by atoms with Crippen LogP contribution in [-0.4, -0.2) is 42.0 Å². The van der Waals surface area contributed by atoms with Crippen LogP contribution in [0, 0.1) is 0 Å². The van der Waals surface area contributed by atoms with Gasteiger partial charge < -0.3 is 20.9 Å². The summed E-state index contributed by atoms with van der Waals surface area (Å²) in [7, 11) is 0. The highest BCUT2D eigenvalue weighted by molar-refractivity contribution is 7.08.